The van der Waals surface area contributed by atoms with E-state index in [-0.39, 0.29) is 30.5 Å². The van der Waals surface area contributed by atoms with Crippen LogP contribution in [0.4, 0.5) is 0 Å². The van der Waals surface area contributed by atoms with Crippen LogP contribution in [-0.4, -0.2) is 31.1 Å². The molecule has 0 saturated carbocycles. The third-order valence-electron chi connectivity index (χ3n) is 3.07. The third kappa shape index (κ3) is 5.19. The van der Waals surface area contributed by atoms with Crippen LogP contribution in [0.2, 0.25) is 5.02 Å². The zero-order valence-corrected chi connectivity index (χ0v) is 13.0. The molecule has 4 nitrogen and oxygen atoms in total. The first-order valence-electron chi connectivity index (χ1n) is 6.58. The van der Waals surface area contributed by atoms with Gasteiger partial charge < -0.3 is 15.4 Å². The molecule has 0 aromatic heterocycles. The predicted octanol–water partition coefficient (Wildman–Crippen LogP) is 2.40. The second-order valence-corrected chi connectivity index (χ2v) is 5.22. The highest BCUT2D eigenvalue weighted by Crippen LogP contribution is 2.18. The molecule has 0 radical (unpaired) electrons. The lowest BCUT2D eigenvalue weighted by Gasteiger charge is -2.17. The molecule has 1 heterocycles. The van der Waals surface area contributed by atoms with E-state index in [2.05, 4.69) is 10.6 Å². The van der Waals surface area contributed by atoms with Crippen molar-refractivity contribution in [2.45, 2.75) is 31.9 Å². The number of rotatable bonds is 5. The van der Waals surface area contributed by atoms with Gasteiger partial charge in [-0.15, -0.1) is 12.4 Å². The van der Waals surface area contributed by atoms with Gasteiger partial charge in [0.2, 0.25) is 5.91 Å². The Kier molecular flexibility index (Phi) is 7.13. The number of amides is 1. The highest BCUT2D eigenvalue weighted by atomic mass is 35.5. The Morgan fingerprint density at radius 2 is 2.40 bits per heavy atom. The number of hydrogen-bond acceptors (Lipinski definition) is 3. The van der Waals surface area contributed by atoms with E-state index in [1.165, 1.54) is 0 Å². The normalized spacial score (nSPS) is 19.0. The van der Waals surface area contributed by atoms with Crippen molar-refractivity contribution >= 4 is 29.9 Å². The maximum atomic E-state index is 11.8. The first-order valence-corrected chi connectivity index (χ1v) is 6.96. The minimum Gasteiger partial charge on any atom is -0.489 e. The van der Waals surface area contributed by atoms with Crippen LogP contribution in [0.25, 0.3) is 0 Å². The van der Waals surface area contributed by atoms with Crippen molar-refractivity contribution < 1.29 is 9.53 Å². The van der Waals surface area contributed by atoms with Crippen LogP contribution in [0.1, 0.15) is 19.8 Å². The molecule has 0 bridgehead atoms. The van der Waals surface area contributed by atoms with Gasteiger partial charge in [0.1, 0.15) is 11.9 Å². The van der Waals surface area contributed by atoms with Gasteiger partial charge in [-0.25, -0.2) is 0 Å². The summed E-state index contributed by atoms with van der Waals surface area (Å²) in [7, 11) is 0. The van der Waals surface area contributed by atoms with Gasteiger partial charge in [-0.1, -0.05) is 17.7 Å². The van der Waals surface area contributed by atoms with E-state index in [0.717, 1.165) is 19.4 Å². The van der Waals surface area contributed by atoms with E-state index < -0.39 is 0 Å². The van der Waals surface area contributed by atoms with Crippen LogP contribution in [0.5, 0.6) is 5.75 Å². The highest BCUT2D eigenvalue weighted by molar-refractivity contribution is 6.30. The Bertz CT molecular complexity index is 437. The van der Waals surface area contributed by atoms with Crippen molar-refractivity contribution in [3.05, 3.63) is 29.3 Å². The fourth-order valence-electron chi connectivity index (χ4n) is 2.09. The Morgan fingerprint density at radius 1 is 1.60 bits per heavy atom. The molecule has 1 aliphatic heterocycles. The van der Waals surface area contributed by atoms with Gasteiger partial charge in [0.15, 0.2) is 0 Å². The molecule has 112 valence electrons. The van der Waals surface area contributed by atoms with E-state index in [4.69, 9.17) is 16.3 Å². The smallest absolute Gasteiger partial charge is 0.237 e. The fraction of sp³-hybridized carbons (Fsp3) is 0.500. The van der Waals surface area contributed by atoms with Gasteiger partial charge in [-0.3, -0.25) is 4.79 Å². The quantitative estimate of drug-likeness (QED) is 0.876. The molecular formula is C14H20Cl2N2O2. The molecule has 2 atom stereocenters. The molecule has 1 fully saturated rings. The average Bonchev–Trinajstić information content (AvgIpc) is 2.90. The van der Waals surface area contributed by atoms with Gasteiger partial charge >= 0.3 is 0 Å². The Balaban J connectivity index is 0.00000200. The second kappa shape index (κ2) is 8.35. The number of ether oxygens (including phenoxy) is 1. The number of carbonyl (C=O) groups is 1. The van der Waals surface area contributed by atoms with E-state index in [1.54, 1.807) is 12.1 Å². The summed E-state index contributed by atoms with van der Waals surface area (Å²) in [6.07, 6.45) is 1.88. The Morgan fingerprint density at radius 3 is 3.05 bits per heavy atom. The fourth-order valence-corrected chi connectivity index (χ4v) is 2.27. The summed E-state index contributed by atoms with van der Waals surface area (Å²) in [5.74, 6) is 0.771. The summed E-state index contributed by atoms with van der Waals surface area (Å²) in [6, 6.07) is 7.21. The summed E-state index contributed by atoms with van der Waals surface area (Å²) in [6.45, 7) is 3.33. The highest BCUT2D eigenvalue weighted by Gasteiger charge is 2.21. The SMILES string of the molecule is CC(CNC(=O)C1CCCN1)Oc1cccc(Cl)c1.Cl. The predicted molar refractivity (Wildman–Crippen MR) is 82.8 cm³/mol. The summed E-state index contributed by atoms with van der Waals surface area (Å²) in [5, 5.41) is 6.71. The molecule has 1 aromatic rings. The van der Waals surface area contributed by atoms with Crippen LogP contribution in [0, 0.1) is 0 Å². The zero-order valence-electron chi connectivity index (χ0n) is 11.4. The molecule has 0 spiro atoms. The van der Waals surface area contributed by atoms with Gasteiger partial charge in [-0.05, 0) is 44.5 Å². The van der Waals surface area contributed by atoms with Crippen LogP contribution >= 0.6 is 24.0 Å². The topological polar surface area (TPSA) is 50.4 Å². The van der Waals surface area contributed by atoms with Gasteiger partial charge in [-0.2, -0.15) is 0 Å². The van der Waals surface area contributed by atoms with Gasteiger partial charge in [0.25, 0.3) is 0 Å². The maximum Gasteiger partial charge on any atom is 0.237 e. The monoisotopic (exact) mass is 318 g/mol. The van der Waals surface area contributed by atoms with Crippen molar-refractivity contribution in [3.8, 4) is 5.75 Å². The largest absolute Gasteiger partial charge is 0.489 e. The Hall–Kier alpha value is -0.970. The standard InChI is InChI=1S/C14H19ClN2O2.ClH/c1-10(19-12-5-2-4-11(15)8-12)9-17-14(18)13-6-3-7-16-13;/h2,4-5,8,10,13,16H,3,6-7,9H2,1H3,(H,17,18);1H. The lowest BCUT2D eigenvalue weighted by molar-refractivity contribution is -0.123. The molecule has 1 aromatic carbocycles. The molecule has 1 amide bonds. The van der Waals surface area contributed by atoms with Crippen molar-refractivity contribution in [1.29, 1.82) is 0 Å². The van der Waals surface area contributed by atoms with Crippen molar-refractivity contribution in [1.82, 2.24) is 10.6 Å². The number of hydrogen-bond donors (Lipinski definition) is 2. The molecule has 6 heteroatoms. The van der Waals surface area contributed by atoms with Crippen LogP contribution in [0.15, 0.2) is 24.3 Å². The van der Waals surface area contributed by atoms with Gasteiger partial charge in [0, 0.05) is 5.02 Å². The minimum absolute atomic E-state index is 0. The van der Waals surface area contributed by atoms with E-state index in [0.29, 0.717) is 17.3 Å². The summed E-state index contributed by atoms with van der Waals surface area (Å²) >= 11 is 5.88. The molecule has 1 aliphatic rings. The molecule has 0 aliphatic carbocycles. The van der Waals surface area contributed by atoms with Crippen molar-refractivity contribution in [2.24, 2.45) is 0 Å². The van der Waals surface area contributed by atoms with E-state index in [9.17, 15) is 4.79 Å². The second-order valence-electron chi connectivity index (χ2n) is 4.78. The molecule has 2 unspecified atom stereocenters. The average molecular weight is 319 g/mol. The first kappa shape index (κ1) is 17.1. The lowest BCUT2D eigenvalue weighted by Crippen LogP contribution is -2.43. The first-order chi connectivity index (χ1) is 9.15. The maximum absolute atomic E-state index is 11.8. The van der Waals surface area contributed by atoms with E-state index >= 15 is 0 Å². The van der Waals surface area contributed by atoms with Gasteiger partial charge in [0.05, 0.1) is 12.6 Å². The van der Waals surface area contributed by atoms with Crippen LogP contribution in [-0.2, 0) is 4.79 Å². The number of halogens is 2. The molecule has 1 saturated heterocycles. The number of nitrogens with one attached hydrogen (secondary N) is 2. The summed E-state index contributed by atoms with van der Waals surface area (Å²) in [4.78, 5) is 11.8. The zero-order chi connectivity index (χ0) is 13.7. The molecule has 2 N–H and O–H groups in total. The molecule has 2 rings (SSSR count). The Labute approximate surface area is 130 Å². The van der Waals surface area contributed by atoms with Crippen LogP contribution < -0.4 is 15.4 Å². The van der Waals surface area contributed by atoms with Crippen molar-refractivity contribution in [2.75, 3.05) is 13.1 Å². The van der Waals surface area contributed by atoms with E-state index in [1.807, 2.05) is 19.1 Å². The van der Waals surface area contributed by atoms with Crippen LogP contribution in [0.3, 0.4) is 0 Å². The lowest BCUT2D eigenvalue weighted by atomic mass is 10.2. The van der Waals surface area contributed by atoms with Crippen molar-refractivity contribution in [3.63, 3.8) is 0 Å². The summed E-state index contributed by atoms with van der Waals surface area (Å²) in [5.41, 5.74) is 0. The molecular weight excluding hydrogens is 299 g/mol. The third-order valence-corrected chi connectivity index (χ3v) is 3.31. The summed E-state index contributed by atoms with van der Waals surface area (Å²) < 4.78 is 5.69. The number of benzene rings is 1. The molecule has 20 heavy (non-hydrogen) atoms. The number of carbonyl (C=O) groups excluding carboxylic acids is 1. The minimum atomic E-state index is -0.0937.